The van der Waals surface area contributed by atoms with Gasteiger partial charge in [0, 0.05) is 0 Å². The molecule has 0 spiro atoms. The van der Waals surface area contributed by atoms with Crippen LogP contribution in [-0.4, -0.2) is 0 Å². The average molecular weight is 170 g/mol. The maximum absolute atomic E-state index is 12.1. The van der Waals surface area contributed by atoms with Crippen LogP contribution in [0.2, 0.25) is 0 Å². The Morgan fingerprint density at radius 1 is 1.08 bits per heavy atom. The maximum atomic E-state index is 12.1. The van der Waals surface area contributed by atoms with Gasteiger partial charge in [-0.15, -0.1) is 0 Å². The number of hydrogen-bond acceptors (Lipinski definition) is 0. The van der Waals surface area contributed by atoms with Crippen molar-refractivity contribution in [1.82, 2.24) is 0 Å². The lowest BCUT2D eigenvalue weighted by Crippen LogP contribution is -1.73. The molecule has 70 valence electrons. The van der Waals surface area contributed by atoms with E-state index in [1.807, 2.05) is 27.7 Å². The Hall–Kier alpha value is -0.850. The summed E-state index contributed by atoms with van der Waals surface area (Å²) in [7, 11) is 0. The molecule has 1 heteroatoms. The van der Waals surface area contributed by atoms with Crippen LogP contribution in [0.15, 0.2) is 35.7 Å². The second-order valence-electron chi connectivity index (χ2n) is 2.38. The molecule has 0 N–H and O–H groups in total. The summed E-state index contributed by atoms with van der Waals surface area (Å²) in [6.07, 6.45) is 3.15. The molecule has 0 aromatic rings. The lowest BCUT2D eigenvalue weighted by atomic mass is 10.1. The van der Waals surface area contributed by atoms with E-state index in [9.17, 15) is 4.39 Å². The molecule has 0 radical (unpaired) electrons. The lowest BCUT2D eigenvalue weighted by molar-refractivity contribution is 0.640. The molecule has 0 aliphatic carbocycles. The molecule has 0 fully saturated rings. The van der Waals surface area contributed by atoms with Crippen molar-refractivity contribution >= 4 is 0 Å². The smallest absolute Gasteiger partial charge is 0.0968 e. The maximum Gasteiger partial charge on any atom is 0.0968 e. The molecule has 0 bridgehead atoms. The molecule has 0 atom stereocenters. The summed E-state index contributed by atoms with van der Waals surface area (Å²) in [4.78, 5) is 0. The Kier molecular flexibility index (Phi) is 9.43. The first-order chi connectivity index (χ1) is 5.54. The van der Waals surface area contributed by atoms with Crippen LogP contribution in [0, 0.1) is 0 Å². The van der Waals surface area contributed by atoms with E-state index in [0.29, 0.717) is 0 Å². The number of hydrogen-bond donors (Lipinski definition) is 0. The van der Waals surface area contributed by atoms with Gasteiger partial charge in [0.25, 0.3) is 0 Å². The first-order valence-corrected chi connectivity index (χ1v) is 4.20. The molecule has 0 amide bonds. The van der Waals surface area contributed by atoms with Gasteiger partial charge >= 0.3 is 0 Å². The van der Waals surface area contributed by atoms with Crippen LogP contribution in [0.4, 0.5) is 4.39 Å². The molecule has 0 aliphatic rings. The zero-order chi connectivity index (χ0) is 10.1. The van der Waals surface area contributed by atoms with E-state index < -0.39 is 0 Å². The van der Waals surface area contributed by atoms with E-state index in [1.165, 1.54) is 13.0 Å². The van der Waals surface area contributed by atoms with Crippen molar-refractivity contribution in [2.75, 3.05) is 0 Å². The predicted octanol–water partition coefficient (Wildman–Crippen LogP) is 4.41. The van der Waals surface area contributed by atoms with E-state index in [0.717, 1.165) is 11.1 Å². The minimum absolute atomic E-state index is 0.180. The Morgan fingerprint density at radius 2 is 1.50 bits per heavy atom. The summed E-state index contributed by atoms with van der Waals surface area (Å²) in [5, 5.41) is 0. The second-order valence-corrected chi connectivity index (χ2v) is 2.38. The molecule has 0 unspecified atom stereocenters. The molecule has 0 aromatic carbocycles. The molecular weight excluding hydrogens is 151 g/mol. The monoisotopic (exact) mass is 170 g/mol. The quantitative estimate of drug-likeness (QED) is 0.538. The van der Waals surface area contributed by atoms with Crippen LogP contribution in [0.5, 0.6) is 0 Å². The van der Waals surface area contributed by atoms with Crippen molar-refractivity contribution in [2.24, 2.45) is 0 Å². The van der Waals surface area contributed by atoms with Gasteiger partial charge in [0.1, 0.15) is 0 Å². The van der Waals surface area contributed by atoms with E-state index in [-0.39, 0.29) is 5.83 Å². The van der Waals surface area contributed by atoms with Gasteiger partial charge in [0.05, 0.1) is 5.83 Å². The minimum Gasteiger partial charge on any atom is -0.212 e. The number of halogens is 1. The molecule has 0 saturated carbocycles. The standard InChI is InChI=1S/C9H13F.C2H6/c1-7(2)8(3)5-6-9(4)10;1-2/h5-6H,1H2,2-4H3;1-2H3/b8-5-,9-6+;. The van der Waals surface area contributed by atoms with Gasteiger partial charge in [-0.1, -0.05) is 32.1 Å². The summed E-state index contributed by atoms with van der Waals surface area (Å²) in [6, 6.07) is 0. The van der Waals surface area contributed by atoms with Gasteiger partial charge in [-0.25, -0.2) is 4.39 Å². The Morgan fingerprint density at radius 3 is 1.75 bits per heavy atom. The van der Waals surface area contributed by atoms with Crippen molar-refractivity contribution in [3.63, 3.8) is 0 Å². The fourth-order valence-electron chi connectivity index (χ4n) is 0.382. The normalized spacial score (nSPS) is 11.8. The number of allylic oxidation sites excluding steroid dienone is 5. The first-order valence-electron chi connectivity index (χ1n) is 4.20. The summed E-state index contributed by atoms with van der Waals surface area (Å²) >= 11 is 0. The number of rotatable bonds is 2. The van der Waals surface area contributed by atoms with Crippen LogP contribution in [-0.2, 0) is 0 Å². The Labute approximate surface area is 75.5 Å². The molecule has 0 saturated heterocycles. The molecule has 0 rings (SSSR count). The topological polar surface area (TPSA) is 0 Å². The average Bonchev–Trinajstić information content (AvgIpc) is 2.03. The third-order valence-electron chi connectivity index (χ3n) is 1.24. The van der Waals surface area contributed by atoms with E-state index in [1.54, 1.807) is 6.08 Å². The summed E-state index contributed by atoms with van der Waals surface area (Å²) in [6.45, 7) is 12.9. The summed E-state index contributed by atoms with van der Waals surface area (Å²) in [5.41, 5.74) is 1.98. The largest absolute Gasteiger partial charge is 0.212 e. The van der Waals surface area contributed by atoms with Crippen LogP contribution in [0.25, 0.3) is 0 Å². The summed E-state index contributed by atoms with van der Waals surface area (Å²) in [5.74, 6) is -0.180. The second kappa shape index (κ2) is 8.25. The first kappa shape index (κ1) is 13.7. The van der Waals surface area contributed by atoms with Gasteiger partial charge in [-0.05, 0) is 32.4 Å². The van der Waals surface area contributed by atoms with Crippen molar-refractivity contribution < 1.29 is 4.39 Å². The highest BCUT2D eigenvalue weighted by Crippen LogP contribution is 2.05. The highest BCUT2D eigenvalue weighted by molar-refractivity contribution is 5.28. The fraction of sp³-hybridized carbons (Fsp3) is 0.455. The van der Waals surface area contributed by atoms with Crippen molar-refractivity contribution in [3.05, 3.63) is 35.7 Å². The predicted molar refractivity (Wildman–Crippen MR) is 54.8 cm³/mol. The van der Waals surface area contributed by atoms with Crippen LogP contribution in [0.1, 0.15) is 34.6 Å². The highest BCUT2D eigenvalue weighted by Gasteiger charge is 1.85. The highest BCUT2D eigenvalue weighted by atomic mass is 19.1. The van der Waals surface area contributed by atoms with Gasteiger partial charge in [0.15, 0.2) is 0 Å². The van der Waals surface area contributed by atoms with Gasteiger partial charge in [0.2, 0.25) is 0 Å². The van der Waals surface area contributed by atoms with E-state index in [4.69, 9.17) is 0 Å². The van der Waals surface area contributed by atoms with Crippen LogP contribution in [0.3, 0.4) is 0 Å². The van der Waals surface area contributed by atoms with Gasteiger partial charge < -0.3 is 0 Å². The Bertz CT molecular complexity index is 181. The molecule has 12 heavy (non-hydrogen) atoms. The zero-order valence-electron chi connectivity index (χ0n) is 8.74. The van der Waals surface area contributed by atoms with Gasteiger partial charge in [-0.3, -0.25) is 0 Å². The van der Waals surface area contributed by atoms with Crippen molar-refractivity contribution in [1.29, 1.82) is 0 Å². The third-order valence-corrected chi connectivity index (χ3v) is 1.24. The van der Waals surface area contributed by atoms with Crippen LogP contribution >= 0.6 is 0 Å². The lowest BCUT2D eigenvalue weighted by Gasteiger charge is -1.93. The minimum atomic E-state index is -0.180. The SMILES string of the molecule is C=C(C)/C(C)=C\C=C(/C)F.CC. The molecule has 0 heterocycles. The molecule has 0 aromatic heterocycles. The van der Waals surface area contributed by atoms with E-state index >= 15 is 0 Å². The van der Waals surface area contributed by atoms with Crippen molar-refractivity contribution in [3.8, 4) is 0 Å². The fourth-order valence-corrected chi connectivity index (χ4v) is 0.382. The molecule has 0 nitrogen and oxygen atoms in total. The van der Waals surface area contributed by atoms with E-state index in [2.05, 4.69) is 6.58 Å². The zero-order valence-corrected chi connectivity index (χ0v) is 8.74. The van der Waals surface area contributed by atoms with Gasteiger partial charge in [-0.2, -0.15) is 0 Å². The van der Waals surface area contributed by atoms with Crippen molar-refractivity contribution in [2.45, 2.75) is 34.6 Å². The third kappa shape index (κ3) is 9.15. The van der Waals surface area contributed by atoms with Crippen LogP contribution < -0.4 is 0 Å². The molecule has 0 aliphatic heterocycles. The molecular formula is C11H19F. The Balaban J connectivity index is 0. The summed E-state index contributed by atoms with van der Waals surface area (Å²) < 4.78 is 12.1.